The number of likely N-dealkylation sites (N-methyl/N-ethyl adjacent to an activating group) is 1. The monoisotopic (exact) mass is 462 g/mol. The summed E-state index contributed by atoms with van der Waals surface area (Å²) in [7, 11) is -1.82. The van der Waals surface area contributed by atoms with Gasteiger partial charge in [-0.3, -0.25) is 9.36 Å². The molecule has 8 heteroatoms. The van der Waals surface area contributed by atoms with Crippen LogP contribution in [0.5, 0.6) is 0 Å². The van der Waals surface area contributed by atoms with Crippen LogP contribution in [0.4, 0.5) is 0 Å². The molecule has 1 aliphatic heterocycles. The summed E-state index contributed by atoms with van der Waals surface area (Å²) in [5, 5.41) is 1.54. The normalized spacial score (nSPS) is 15.3. The fourth-order valence-corrected chi connectivity index (χ4v) is 5.79. The van der Waals surface area contributed by atoms with Crippen molar-refractivity contribution < 1.29 is 13.2 Å². The van der Waals surface area contributed by atoms with Crippen LogP contribution >= 0.6 is 0 Å². The molecule has 33 heavy (non-hydrogen) atoms. The highest BCUT2D eigenvalue weighted by Gasteiger charge is 2.25. The van der Waals surface area contributed by atoms with Crippen molar-refractivity contribution in [1.82, 2.24) is 18.4 Å². The largest absolute Gasteiger partial charge is 0.302 e. The predicted molar refractivity (Wildman–Crippen MR) is 130 cm³/mol. The number of aryl methyl sites for hydroxylation is 1. The summed E-state index contributed by atoms with van der Waals surface area (Å²) in [6, 6.07) is 10.6. The molecule has 1 aromatic carbocycles. The van der Waals surface area contributed by atoms with Crippen molar-refractivity contribution in [1.29, 1.82) is 0 Å². The van der Waals surface area contributed by atoms with E-state index < -0.39 is 10.0 Å². The molecule has 0 saturated heterocycles. The third-order valence-electron chi connectivity index (χ3n) is 6.36. The summed E-state index contributed by atoms with van der Waals surface area (Å²) in [5.74, 6) is -0.121. The molecule has 0 radical (unpaired) electrons. The van der Waals surface area contributed by atoms with Crippen molar-refractivity contribution >= 4 is 43.4 Å². The van der Waals surface area contributed by atoms with Crippen LogP contribution in [-0.2, 0) is 16.4 Å². The van der Waals surface area contributed by atoms with Gasteiger partial charge in [-0.1, -0.05) is 13.0 Å². The van der Waals surface area contributed by atoms with Gasteiger partial charge in [0.05, 0.1) is 10.4 Å². The lowest BCUT2D eigenvalue weighted by atomic mass is 10.00. The van der Waals surface area contributed by atoms with Gasteiger partial charge in [-0.05, 0) is 61.9 Å². The van der Waals surface area contributed by atoms with E-state index >= 15 is 0 Å². The van der Waals surface area contributed by atoms with Crippen LogP contribution in [0.2, 0.25) is 0 Å². The van der Waals surface area contributed by atoms with Gasteiger partial charge >= 0.3 is 0 Å². The number of hydrogen-bond acceptors (Lipinski definition) is 5. The van der Waals surface area contributed by atoms with Crippen molar-refractivity contribution in [2.75, 3.05) is 20.1 Å². The number of aromatic nitrogens is 3. The van der Waals surface area contributed by atoms with Crippen molar-refractivity contribution in [3.05, 3.63) is 66.1 Å². The van der Waals surface area contributed by atoms with Gasteiger partial charge in [-0.25, -0.2) is 17.4 Å². The van der Waals surface area contributed by atoms with Gasteiger partial charge in [0.1, 0.15) is 0 Å². The van der Waals surface area contributed by atoms with E-state index in [0.717, 1.165) is 41.7 Å². The molecule has 0 saturated carbocycles. The highest BCUT2D eigenvalue weighted by molar-refractivity contribution is 7.90. The number of hydrogen-bond donors (Lipinski definition) is 0. The third-order valence-corrected chi connectivity index (χ3v) is 8.00. The van der Waals surface area contributed by atoms with Gasteiger partial charge in [-0.2, -0.15) is 0 Å². The Balaban J connectivity index is 1.70. The topological polar surface area (TPSA) is 77.2 Å². The molecule has 0 aliphatic carbocycles. The highest BCUT2D eigenvalue weighted by atomic mass is 32.2. The maximum Gasteiger partial charge on any atom is 0.269 e. The summed E-state index contributed by atoms with van der Waals surface area (Å²) in [5.41, 5.74) is 4.04. The minimum Gasteiger partial charge on any atom is -0.302 e. The average molecular weight is 463 g/mol. The van der Waals surface area contributed by atoms with E-state index in [9.17, 15) is 13.2 Å². The van der Waals surface area contributed by atoms with E-state index in [-0.39, 0.29) is 10.8 Å². The SMILES string of the molecule is CCc1ccc2c(C3=CCN(C)CC3)cn(S(=O)(=O)c3ccc4c(ccn4C(C)=O)c3)c2n1. The highest BCUT2D eigenvalue weighted by Crippen LogP contribution is 2.33. The summed E-state index contributed by atoms with van der Waals surface area (Å²) in [6.07, 6.45) is 7.12. The first-order chi connectivity index (χ1) is 15.8. The summed E-state index contributed by atoms with van der Waals surface area (Å²) in [4.78, 5) is 18.9. The Morgan fingerprint density at radius 3 is 2.67 bits per heavy atom. The first-order valence-corrected chi connectivity index (χ1v) is 12.5. The second-order valence-corrected chi connectivity index (χ2v) is 10.4. The van der Waals surface area contributed by atoms with E-state index in [1.165, 1.54) is 15.5 Å². The number of pyridine rings is 1. The fraction of sp³-hybridized carbons (Fsp3) is 0.280. The third kappa shape index (κ3) is 3.59. The second kappa shape index (κ2) is 7.97. The van der Waals surface area contributed by atoms with E-state index in [1.54, 1.807) is 36.7 Å². The van der Waals surface area contributed by atoms with E-state index in [4.69, 9.17) is 4.98 Å². The standard InChI is InChI=1S/C25H26N4O3S/c1-4-20-5-7-22-23(18-9-12-27(3)13-10-18)16-29(25(22)26-20)33(31,32)21-6-8-24-19(15-21)11-14-28(24)17(2)30/h5-9,11,14-16H,4,10,12-13H2,1-3H3. The maximum atomic E-state index is 13.8. The molecule has 1 aliphatic rings. The smallest absolute Gasteiger partial charge is 0.269 e. The first kappa shape index (κ1) is 21.6. The zero-order valence-electron chi connectivity index (χ0n) is 18.9. The summed E-state index contributed by atoms with van der Waals surface area (Å²) < 4.78 is 30.4. The van der Waals surface area contributed by atoms with Crippen molar-refractivity contribution in [2.24, 2.45) is 0 Å². The molecule has 170 valence electrons. The summed E-state index contributed by atoms with van der Waals surface area (Å²) in [6.45, 7) is 5.24. The van der Waals surface area contributed by atoms with Gasteiger partial charge in [0.2, 0.25) is 5.91 Å². The molecule has 0 fully saturated rings. The van der Waals surface area contributed by atoms with Gasteiger partial charge in [-0.15, -0.1) is 0 Å². The number of fused-ring (bicyclic) bond motifs is 2. The van der Waals surface area contributed by atoms with Crippen molar-refractivity contribution in [2.45, 2.75) is 31.6 Å². The van der Waals surface area contributed by atoms with E-state index in [2.05, 4.69) is 18.0 Å². The number of benzene rings is 1. The Morgan fingerprint density at radius 2 is 1.97 bits per heavy atom. The van der Waals surface area contributed by atoms with Crippen molar-refractivity contribution in [3.8, 4) is 0 Å². The predicted octanol–water partition coefficient (Wildman–Crippen LogP) is 4.17. The van der Waals surface area contributed by atoms with Crippen molar-refractivity contribution in [3.63, 3.8) is 0 Å². The van der Waals surface area contributed by atoms with Gasteiger partial charge in [0.15, 0.2) is 5.65 Å². The molecule has 0 atom stereocenters. The molecule has 3 aromatic heterocycles. The molecule has 0 unspecified atom stereocenters. The molecule has 0 N–H and O–H groups in total. The van der Waals surface area contributed by atoms with Crippen LogP contribution in [0.1, 0.15) is 36.3 Å². The molecule has 4 aromatic rings. The molecular formula is C25H26N4O3S. The fourth-order valence-electron chi connectivity index (χ4n) is 4.43. The van der Waals surface area contributed by atoms with Crippen LogP contribution in [0.15, 0.2) is 59.8 Å². The quantitative estimate of drug-likeness (QED) is 0.455. The zero-order valence-corrected chi connectivity index (χ0v) is 19.8. The average Bonchev–Trinajstić information content (AvgIpc) is 3.41. The molecule has 7 nitrogen and oxygen atoms in total. The molecule has 0 bridgehead atoms. The zero-order chi connectivity index (χ0) is 23.3. The van der Waals surface area contributed by atoms with Gasteiger partial charge < -0.3 is 4.90 Å². The van der Waals surface area contributed by atoms with Crippen LogP contribution in [0.3, 0.4) is 0 Å². The minimum absolute atomic E-state index is 0.121. The maximum absolute atomic E-state index is 13.8. The Morgan fingerprint density at radius 1 is 1.15 bits per heavy atom. The Kier molecular flexibility index (Phi) is 5.22. The van der Waals surface area contributed by atoms with Crippen LogP contribution in [-0.4, -0.2) is 52.9 Å². The lowest BCUT2D eigenvalue weighted by Gasteiger charge is -2.21. The van der Waals surface area contributed by atoms with Gasteiger partial charge in [0.25, 0.3) is 10.0 Å². The molecular weight excluding hydrogens is 436 g/mol. The van der Waals surface area contributed by atoms with Crippen LogP contribution < -0.4 is 0 Å². The lowest BCUT2D eigenvalue weighted by Crippen LogP contribution is -2.23. The molecule has 0 amide bonds. The Bertz CT molecular complexity index is 1540. The van der Waals surface area contributed by atoms with Crippen LogP contribution in [0, 0.1) is 0 Å². The molecule has 0 spiro atoms. The number of carbonyl (C=O) groups excluding carboxylic acids is 1. The Labute approximate surface area is 193 Å². The van der Waals surface area contributed by atoms with Crippen LogP contribution in [0.25, 0.3) is 27.5 Å². The molecule has 4 heterocycles. The number of rotatable bonds is 4. The van der Waals surface area contributed by atoms with Gasteiger partial charge in [0, 0.05) is 54.4 Å². The summed E-state index contributed by atoms with van der Waals surface area (Å²) >= 11 is 0. The minimum atomic E-state index is -3.90. The molecule has 5 rings (SSSR count). The lowest BCUT2D eigenvalue weighted by molar-refractivity contribution is 0.0941. The number of nitrogens with zero attached hydrogens (tertiary/aromatic N) is 4. The van der Waals surface area contributed by atoms with E-state index in [0.29, 0.717) is 23.0 Å². The van der Waals surface area contributed by atoms with E-state index in [1.807, 2.05) is 19.1 Å². The Hall–Kier alpha value is -3.23. The number of carbonyl (C=O) groups is 1. The first-order valence-electron chi connectivity index (χ1n) is 11.1. The second-order valence-electron chi connectivity index (χ2n) is 8.54.